The van der Waals surface area contributed by atoms with Gasteiger partial charge in [-0.2, -0.15) is 0 Å². The molecule has 2 amide bonds. The lowest BCUT2D eigenvalue weighted by Gasteiger charge is -2.35. The van der Waals surface area contributed by atoms with Crippen molar-refractivity contribution in [3.63, 3.8) is 0 Å². The molecule has 2 N–H and O–H groups in total. The van der Waals surface area contributed by atoms with Gasteiger partial charge in [-0.3, -0.25) is 14.4 Å². The second kappa shape index (κ2) is 5.72. The Kier molecular flexibility index (Phi) is 4.20. The predicted octanol–water partition coefficient (Wildman–Crippen LogP) is 0.191. The number of ketones is 1. The van der Waals surface area contributed by atoms with E-state index in [1.807, 2.05) is 0 Å². The SMILES string of the molecule is CNC(=O)c1cc(C(=O)C[C@H]2[N]C(=O)[C@@H]2[C@@H](C)O)cs1. The number of aliphatic hydroxyl groups excluding tert-OH is 1. The van der Waals surface area contributed by atoms with E-state index in [0.29, 0.717) is 10.4 Å². The summed E-state index contributed by atoms with van der Waals surface area (Å²) in [5.41, 5.74) is 0.437. The first-order chi connectivity index (χ1) is 9.43. The number of nitrogens with zero attached hydrogens (tertiary/aromatic N) is 1. The minimum atomic E-state index is -0.804. The molecule has 1 fully saturated rings. The number of β-lactam (4-membered cyclic amide) rings is 1. The zero-order chi connectivity index (χ0) is 14.9. The van der Waals surface area contributed by atoms with Gasteiger partial charge >= 0.3 is 0 Å². The molecule has 6 nitrogen and oxygen atoms in total. The number of aliphatic hydroxyl groups is 1. The maximum Gasteiger partial charge on any atom is 0.261 e. The van der Waals surface area contributed by atoms with Crippen molar-refractivity contribution in [3.05, 3.63) is 21.9 Å². The van der Waals surface area contributed by atoms with E-state index >= 15 is 0 Å². The van der Waals surface area contributed by atoms with Crippen molar-refractivity contribution in [1.82, 2.24) is 10.6 Å². The fourth-order valence-electron chi connectivity index (χ4n) is 2.15. The highest BCUT2D eigenvalue weighted by Gasteiger charge is 2.45. The maximum absolute atomic E-state index is 12.1. The van der Waals surface area contributed by atoms with Crippen LogP contribution >= 0.6 is 11.3 Å². The molecule has 1 radical (unpaired) electrons. The molecule has 1 aromatic heterocycles. The molecule has 0 saturated carbocycles. The van der Waals surface area contributed by atoms with Gasteiger partial charge in [0.1, 0.15) is 0 Å². The molecule has 2 rings (SSSR count). The zero-order valence-corrected chi connectivity index (χ0v) is 11.9. The van der Waals surface area contributed by atoms with E-state index in [0.717, 1.165) is 0 Å². The normalized spacial score (nSPS) is 22.6. The average molecular weight is 295 g/mol. The summed E-state index contributed by atoms with van der Waals surface area (Å²) in [5.74, 6) is -1.35. The van der Waals surface area contributed by atoms with Crippen molar-refractivity contribution < 1.29 is 19.5 Å². The van der Waals surface area contributed by atoms with Crippen molar-refractivity contribution in [1.29, 1.82) is 0 Å². The molecule has 0 spiro atoms. The Morgan fingerprint density at radius 3 is 2.80 bits per heavy atom. The maximum atomic E-state index is 12.1. The number of rotatable bonds is 5. The van der Waals surface area contributed by atoms with Crippen LogP contribution in [0.15, 0.2) is 11.4 Å². The van der Waals surface area contributed by atoms with Crippen molar-refractivity contribution >= 4 is 28.9 Å². The van der Waals surface area contributed by atoms with Gasteiger partial charge in [-0.05, 0) is 13.0 Å². The summed E-state index contributed by atoms with van der Waals surface area (Å²) < 4.78 is 0. The number of amides is 2. The predicted molar refractivity (Wildman–Crippen MR) is 72.8 cm³/mol. The quantitative estimate of drug-likeness (QED) is 0.598. The third-order valence-electron chi connectivity index (χ3n) is 3.28. The van der Waals surface area contributed by atoms with Crippen LogP contribution in [0.1, 0.15) is 33.4 Å². The first-order valence-electron chi connectivity index (χ1n) is 6.20. The third-order valence-corrected chi connectivity index (χ3v) is 4.21. The van der Waals surface area contributed by atoms with Gasteiger partial charge in [-0.25, -0.2) is 5.32 Å². The third kappa shape index (κ3) is 2.73. The summed E-state index contributed by atoms with van der Waals surface area (Å²) in [7, 11) is 1.52. The number of carbonyl (C=O) groups excluding carboxylic acids is 3. The van der Waals surface area contributed by atoms with Gasteiger partial charge in [-0.1, -0.05) is 0 Å². The Hall–Kier alpha value is -1.73. The average Bonchev–Trinajstić information content (AvgIpc) is 2.85. The van der Waals surface area contributed by atoms with E-state index in [2.05, 4.69) is 10.6 Å². The minimum Gasteiger partial charge on any atom is -0.393 e. The standard InChI is InChI=1S/C13H15N2O4S/c1-6(16)11-8(15-13(11)19)4-9(17)7-3-10(20-5-7)12(18)14-2/h3,5-6,8,11,16H,4H2,1-2H3,(H,14,18)/t6-,8-,11-/m1/s1. The summed E-state index contributed by atoms with van der Waals surface area (Å²) in [5, 5.41) is 17.3. The number of thiophene rings is 1. The molecule has 1 aromatic rings. The van der Waals surface area contributed by atoms with Gasteiger partial charge in [0.25, 0.3) is 5.91 Å². The lowest BCUT2D eigenvalue weighted by molar-refractivity contribution is -0.140. The number of nitrogens with one attached hydrogen (secondary N) is 1. The van der Waals surface area contributed by atoms with E-state index in [1.165, 1.54) is 31.4 Å². The smallest absolute Gasteiger partial charge is 0.261 e. The van der Waals surface area contributed by atoms with Gasteiger partial charge in [0.15, 0.2) is 5.78 Å². The molecule has 1 aliphatic rings. The van der Waals surface area contributed by atoms with Crippen molar-refractivity contribution in [2.75, 3.05) is 7.05 Å². The molecule has 0 bridgehead atoms. The fourth-order valence-corrected chi connectivity index (χ4v) is 3.00. The van der Waals surface area contributed by atoms with E-state index in [9.17, 15) is 19.5 Å². The first-order valence-corrected chi connectivity index (χ1v) is 7.08. The number of hydrogen-bond donors (Lipinski definition) is 2. The summed E-state index contributed by atoms with van der Waals surface area (Å²) in [4.78, 5) is 35.2. The zero-order valence-electron chi connectivity index (χ0n) is 11.1. The van der Waals surface area contributed by atoms with E-state index in [-0.39, 0.29) is 24.0 Å². The summed E-state index contributed by atoms with van der Waals surface area (Å²) in [6.45, 7) is 1.52. The van der Waals surface area contributed by atoms with Crippen molar-refractivity contribution in [2.45, 2.75) is 25.5 Å². The van der Waals surface area contributed by atoms with Crippen LogP contribution in [0, 0.1) is 5.92 Å². The van der Waals surface area contributed by atoms with Gasteiger partial charge in [0.2, 0.25) is 5.91 Å². The first kappa shape index (κ1) is 14.7. The molecule has 1 saturated heterocycles. The highest BCUT2D eigenvalue weighted by atomic mass is 32.1. The molecular formula is C13H15N2O4S. The second-order valence-electron chi connectivity index (χ2n) is 4.71. The van der Waals surface area contributed by atoms with Gasteiger partial charge < -0.3 is 10.4 Å². The van der Waals surface area contributed by atoms with E-state index in [4.69, 9.17) is 0 Å². The fraction of sp³-hybridized carbons (Fsp3) is 0.462. The summed E-state index contributed by atoms with van der Waals surface area (Å²) in [6, 6.07) is 1.07. The number of carbonyl (C=O) groups is 3. The van der Waals surface area contributed by atoms with Crippen molar-refractivity contribution in [2.24, 2.45) is 5.92 Å². The van der Waals surface area contributed by atoms with Crippen LogP contribution in [0.4, 0.5) is 0 Å². The van der Waals surface area contributed by atoms with Gasteiger partial charge in [-0.15, -0.1) is 11.3 Å². The van der Waals surface area contributed by atoms with Crippen LogP contribution in [0.5, 0.6) is 0 Å². The molecule has 20 heavy (non-hydrogen) atoms. The number of Topliss-reactive ketones (excluding diaryl/α,β-unsaturated/α-hetero) is 1. The monoisotopic (exact) mass is 295 g/mol. The van der Waals surface area contributed by atoms with Crippen LogP contribution in [0.25, 0.3) is 0 Å². The van der Waals surface area contributed by atoms with E-state index in [1.54, 1.807) is 5.38 Å². The Morgan fingerprint density at radius 2 is 2.25 bits per heavy atom. The highest BCUT2D eigenvalue weighted by molar-refractivity contribution is 7.12. The molecule has 7 heteroatoms. The Bertz CT molecular complexity index is 552. The highest BCUT2D eigenvalue weighted by Crippen LogP contribution is 2.26. The minimum absolute atomic E-state index is 0.0746. The second-order valence-corrected chi connectivity index (χ2v) is 5.62. The lowest BCUT2D eigenvalue weighted by Crippen LogP contribution is -2.57. The van der Waals surface area contributed by atoms with Crippen LogP contribution in [0.2, 0.25) is 0 Å². The van der Waals surface area contributed by atoms with E-state index < -0.39 is 18.1 Å². The molecule has 0 aromatic carbocycles. The molecule has 1 aliphatic heterocycles. The van der Waals surface area contributed by atoms with Crippen LogP contribution in [0.3, 0.4) is 0 Å². The Morgan fingerprint density at radius 1 is 1.55 bits per heavy atom. The molecule has 0 aliphatic carbocycles. The van der Waals surface area contributed by atoms with Crippen LogP contribution in [-0.2, 0) is 4.79 Å². The molecule has 0 unspecified atom stereocenters. The molecule has 3 atom stereocenters. The van der Waals surface area contributed by atoms with Crippen LogP contribution in [-0.4, -0.2) is 41.9 Å². The number of hydrogen-bond acceptors (Lipinski definition) is 5. The topological polar surface area (TPSA) is 97.6 Å². The Labute approximate surface area is 120 Å². The molecular weight excluding hydrogens is 280 g/mol. The van der Waals surface area contributed by atoms with Crippen LogP contribution < -0.4 is 10.6 Å². The lowest BCUT2D eigenvalue weighted by atomic mass is 9.82. The molecule has 107 valence electrons. The largest absolute Gasteiger partial charge is 0.393 e. The van der Waals surface area contributed by atoms with Gasteiger partial charge in [0, 0.05) is 24.4 Å². The Balaban J connectivity index is 2.00. The van der Waals surface area contributed by atoms with Gasteiger partial charge in [0.05, 0.1) is 22.9 Å². The van der Waals surface area contributed by atoms with Crippen molar-refractivity contribution in [3.8, 4) is 0 Å². The summed E-state index contributed by atoms with van der Waals surface area (Å²) >= 11 is 1.19. The summed E-state index contributed by atoms with van der Waals surface area (Å²) in [6.07, 6.45) is -0.729. The molecule has 2 heterocycles.